The number of aliphatic hydroxyl groups is 1. The second kappa shape index (κ2) is 6.86. The van der Waals surface area contributed by atoms with E-state index in [0.29, 0.717) is 28.1 Å². The lowest BCUT2D eigenvalue weighted by atomic mass is 9.35. The molecule has 4 saturated carbocycles. The highest BCUT2D eigenvalue weighted by Gasteiger charge is 2.65. The van der Waals surface area contributed by atoms with Crippen molar-refractivity contribution in [2.45, 2.75) is 113 Å². The van der Waals surface area contributed by atoms with Gasteiger partial charge in [0.05, 0.1) is 6.10 Å². The minimum absolute atomic E-state index is 0.0713. The molecule has 5 aliphatic carbocycles. The van der Waals surface area contributed by atoms with Gasteiger partial charge in [-0.3, -0.25) is 0 Å². The highest BCUT2D eigenvalue weighted by molar-refractivity contribution is 5.33. The van der Waals surface area contributed by atoms with Crippen molar-refractivity contribution in [1.82, 2.24) is 0 Å². The highest BCUT2D eigenvalue weighted by atomic mass is 16.3. The molecule has 0 heterocycles. The average molecular weight is 427 g/mol. The lowest BCUT2D eigenvalue weighted by Crippen LogP contribution is -2.62. The maximum Gasteiger partial charge on any atom is 0.0596 e. The van der Waals surface area contributed by atoms with Gasteiger partial charge in [0, 0.05) is 0 Å². The summed E-state index contributed by atoms with van der Waals surface area (Å²) in [6, 6.07) is 0. The molecular weight excluding hydrogens is 376 g/mol. The Morgan fingerprint density at radius 1 is 0.839 bits per heavy atom. The highest BCUT2D eigenvalue weighted by Crippen LogP contribution is 2.73. The normalized spacial score (nSPS) is 58.3. The lowest BCUT2D eigenvalue weighted by Gasteiger charge is -2.69. The van der Waals surface area contributed by atoms with Crippen LogP contribution in [0.5, 0.6) is 0 Å². The van der Waals surface area contributed by atoms with E-state index in [9.17, 15) is 5.11 Å². The van der Waals surface area contributed by atoms with Crippen molar-refractivity contribution in [3.05, 3.63) is 11.6 Å². The molecule has 5 aliphatic rings. The monoisotopic (exact) mass is 426 g/mol. The van der Waals surface area contributed by atoms with Gasteiger partial charge in [0.1, 0.15) is 0 Å². The first-order chi connectivity index (χ1) is 14.4. The van der Waals surface area contributed by atoms with Crippen LogP contribution in [0.2, 0.25) is 0 Å². The van der Waals surface area contributed by atoms with Crippen molar-refractivity contribution in [2.75, 3.05) is 0 Å². The zero-order valence-corrected chi connectivity index (χ0v) is 21.8. The fraction of sp³-hybridized carbons (Fsp3) is 0.933. The first kappa shape index (κ1) is 22.5. The first-order valence-corrected chi connectivity index (χ1v) is 13.8. The zero-order chi connectivity index (χ0) is 22.6. The number of hydrogen-bond acceptors (Lipinski definition) is 1. The van der Waals surface area contributed by atoms with Crippen molar-refractivity contribution in [3.63, 3.8) is 0 Å². The maximum absolute atomic E-state index is 10.9. The van der Waals surface area contributed by atoms with Gasteiger partial charge in [-0.1, -0.05) is 67.0 Å². The number of rotatable bonds is 0. The molecule has 4 fully saturated rings. The van der Waals surface area contributed by atoms with Crippen LogP contribution in [0, 0.1) is 63.1 Å². The summed E-state index contributed by atoms with van der Waals surface area (Å²) in [5, 5.41) is 10.9. The third-order valence-corrected chi connectivity index (χ3v) is 13.2. The summed E-state index contributed by atoms with van der Waals surface area (Å²) in [6.45, 7) is 20.4. The van der Waals surface area contributed by atoms with Gasteiger partial charge >= 0.3 is 0 Å². The molecule has 1 heteroatoms. The van der Waals surface area contributed by atoms with Gasteiger partial charge in [0.25, 0.3) is 0 Å². The molecule has 0 aromatic carbocycles. The van der Waals surface area contributed by atoms with Gasteiger partial charge in [-0.25, -0.2) is 0 Å². The molecule has 1 nitrogen and oxygen atoms in total. The minimum atomic E-state index is -0.127. The SMILES string of the molecule is CC1CCC2(C)CCC3(C)C(=CCC4C5C(C)CC(O)C(C)(C)C5CCC43C)C2C1C. The Bertz CT molecular complexity index is 764. The van der Waals surface area contributed by atoms with Crippen molar-refractivity contribution < 1.29 is 5.11 Å². The number of aliphatic hydroxyl groups excluding tert-OH is 1. The van der Waals surface area contributed by atoms with Crippen molar-refractivity contribution in [3.8, 4) is 0 Å². The predicted molar refractivity (Wildman–Crippen MR) is 131 cm³/mol. The van der Waals surface area contributed by atoms with Gasteiger partial charge < -0.3 is 5.11 Å². The fourth-order valence-electron chi connectivity index (χ4n) is 10.5. The maximum atomic E-state index is 10.9. The van der Waals surface area contributed by atoms with E-state index >= 15 is 0 Å². The molecule has 0 saturated heterocycles. The Morgan fingerprint density at radius 2 is 1.55 bits per heavy atom. The van der Waals surface area contributed by atoms with Crippen molar-refractivity contribution in [2.24, 2.45) is 63.1 Å². The van der Waals surface area contributed by atoms with Gasteiger partial charge in [-0.15, -0.1) is 0 Å². The van der Waals surface area contributed by atoms with Crippen LogP contribution in [-0.4, -0.2) is 11.2 Å². The molecule has 0 aliphatic heterocycles. The Morgan fingerprint density at radius 3 is 2.26 bits per heavy atom. The van der Waals surface area contributed by atoms with Gasteiger partial charge in [0.15, 0.2) is 0 Å². The van der Waals surface area contributed by atoms with E-state index in [4.69, 9.17) is 0 Å². The molecule has 0 radical (unpaired) electrons. The number of fused-ring (bicyclic) bond motifs is 7. The summed E-state index contributed by atoms with van der Waals surface area (Å²) < 4.78 is 0. The molecule has 0 amide bonds. The van der Waals surface area contributed by atoms with E-state index in [0.717, 1.165) is 36.0 Å². The molecule has 31 heavy (non-hydrogen) atoms. The zero-order valence-electron chi connectivity index (χ0n) is 21.8. The largest absolute Gasteiger partial charge is 0.393 e. The number of allylic oxidation sites excluding steroid dienone is 2. The molecule has 1 N–H and O–H groups in total. The predicted octanol–water partition coefficient (Wildman–Crippen LogP) is 7.88. The molecule has 176 valence electrons. The third kappa shape index (κ3) is 2.77. The summed E-state index contributed by atoms with van der Waals surface area (Å²) in [6.07, 6.45) is 13.4. The summed E-state index contributed by atoms with van der Waals surface area (Å²) >= 11 is 0. The van der Waals surface area contributed by atoms with Crippen molar-refractivity contribution in [1.29, 1.82) is 0 Å². The summed E-state index contributed by atoms with van der Waals surface area (Å²) in [5.41, 5.74) is 3.28. The van der Waals surface area contributed by atoms with Crippen LogP contribution in [0.4, 0.5) is 0 Å². The second-order valence-electron chi connectivity index (χ2n) is 14.5. The van der Waals surface area contributed by atoms with E-state index in [-0.39, 0.29) is 11.5 Å². The van der Waals surface area contributed by atoms with E-state index in [1.54, 1.807) is 0 Å². The molecule has 5 rings (SSSR count). The van der Waals surface area contributed by atoms with Gasteiger partial charge in [-0.2, -0.15) is 0 Å². The fourth-order valence-corrected chi connectivity index (χ4v) is 10.5. The molecule has 0 spiro atoms. The molecule has 11 atom stereocenters. The van der Waals surface area contributed by atoms with E-state index in [2.05, 4.69) is 61.5 Å². The standard InChI is InChI=1S/C30H50O/c1-18-11-13-28(6)15-16-30(8)23(26(28)20(18)3)10-9-22-25-19(2)17-24(31)27(4,5)21(25)12-14-29(22,30)7/h10,18-22,24-26,31H,9,11-17H2,1-8H3. The Kier molecular flexibility index (Phi) is 4.98. The molecule has 11 unspecified atom stereocenters. The van der Waals surface area contributed by atoms with E-state index in [1.165, 1.54) is 44.9 Å². The van der Waals surface area contributed by atoms with Crippen LogP contribution in [0.15, 0.2) is 11.6 Å². The minimum Gasteiger partial charge on any atom is -0.393 e. The number of hydrogen-bond donors (Lipinski definition) is 1. The van der Waals surface area contributed by atoms with Crippen LogP contribution in [0.1, 0.15) is 107 Å². The molecule has 0 bridgehead atoms. The summed E-state index contributed by atoms with van der Waals surface area (Å²) in [7, 11) is 0. The summed E-state index contributed by atoms with van der Waals surface area (Å²) in [5.74, 6) is 5.40. The Hall–Kier alpha value is -0.300. The topological polar surface area (TPSA) is 20.2 Å². The van der Waals surface area contributed by atoms with Gasteiger partial charge in [0.2, 0.25) is 0 Å². The van der Waals surface area contributed by atoms with Crippen LogP contribution < -0.4 is 0 Å². The van der Waals surface area contributed by atoms with E-state index in [1.807, 2.05) is 5.57 Å². The third-order valence-electron chi connectivity index (χ3n) is 13.2. The summed E-state index contributed by atoms with van der Waals surface area (Å²) in [4.78, 5) is 0. The quantitative estimate of drug-likeness (QED) is 0.390. The lowest BCUT2D eigenvalue weighted by molar-refractivity contribution is -0.178. The first-order valence-electron chi connectivity index (χ1n) is 13.8. The average Bonchev–Trinajstić information content (AvgIpc) is 2.70. The Labute approximate surface area is 192 Å². The van der Waals surface area contributed by atoms with E-state index < -0.39 is 0 Å². The molecular formula is C30H50O. The van der Waals surface area contributed by atoms with Crippen molar-refractivity contribution >= 4 is 0 Å². The van der Waals surface area contributed by atoms with Crippen LogP contribution >= 0.6 is 0 Å². The van der Waals surface area contributed by atoms with Crippen LogP contribution in [0.25, 0.3) is 0 Å². The Balaban J connectivity index is 1.57. The molecule has 0 aromatic rings. The smallest absolute Gasteiger partial charge is 0.0596 e. The molecule has 0 aromatic heterocycles. The second-order valence-corrected chi connectivity index (χ2v) is 14.5. The van der Waals surface area contributed by atoms with Crippen LogP contribution in [-0.2, 0) is 0 Å². The van der Waals surface area contributed by atoms with Crippen LogP contribution in [0.3, 0.4) is 0 Å². The van der Waals surface area contributed by atoms with Gasteiger partial charge in [-0.05, 0) is 114 Å².